The van der Waals surface area contributed by atoms with Gasteiger partial charge in [0.15, 0.2) is 6.61 Å². The van der Waals surface area contributed by atoms with E-state index in [0.29, 0.717) is 18.7 Å². The van der Waals surface area contributed by atoms with E-state index in [1.165, 1.54) is 36.3 Å². The van der Waals surface area contributed by atoms with Crippen molar-refractivity contribution in [2.24, 2.45) is 0 Å². The molecule has 2 aromatic rings. The van der Waals surface area contributed by atoms with Crippen molar-refractivity contribution in [1.82, 2.24) is 4.90 Å². The van der Waals surface area contributed by atoms with Crippen LogP contribution in [-0.2, 0) is 27.3 Å². The molecule has 1 atom stereocenters. The first-order valence-corrected chi connectivity index (χ1v) is 8.31. The first kappa shape index (κ1) is 18.4. The number of carbonyl (C=O) groups is 2. The molecule has 8 heteroatoms. The van der Waals surface area contributed by atoms with Gasteiger partial charge in [0.2, 0.25) is 0 Å². The second kappa shape index (κ2) is 7.86. The number of esters is 1. The van der Waals surface area contributed by atoms with E-state index in [4.69, 9.17) is 9.47 Å². The van der Waals surface area contributed by atoms with Crippen LogP contribution in [0.3, 0.4) is 0 Å². The number of hydrogen-bond acceptors (Lipinski definition) is 6. The highest BCUT2D eigenvalue weighted by Gasteiger charge is 2.35. The van der Waals surface area contributed by atoms with Crippen LogP contribution in [0.25, 0.3) is 0 Å². The van der Waals surface area contributed by atoms with Gasteiger partial charge in [-0.25, -0.2) is 4.79 Å². The lowest BCUT2D eigenvalue weighted by Crippen LogP contribution is -2.50. The zero-order valence-corrected chi connectivity index (χ0v) is 14.7. The summed E-state index contributed by atoms with van der Waals surface area (Å²) >= 11 is 0. The molecule has 8 nitrogen and oxygen atoms in total. The van der Waals surface area contributed by atoms with Gasteiger partial charge < -0.3 is 14.4 Å². The molecule has 1 amide bonds. The molecule has 0 fully saturated rings. The molecule has 0 aromatic heterocycles. The van der Waals surface area contributed by atoms with Gasteiger partial charge in [0.25, 0.3) is 11.6 Å². The summed E-state index contributed by atoms with van der Waals surface area (Å²) in [6, 6.07) is 12.4. The fourth-order valence-electron chi connectivity index (χ4n) is 3.02. The molecular formula is C19H18N2O6. The second-order valence-electron chi connectivity index (χ2n) is 6.07. The number of nitro benzene ring substituents is 1. The minimum atomic E-state index is -0.710. The second-order valence-corrected chi connectivity index (χ2v) is 6.07. The summed E-state index contributed by atoms with van der Waals surface area (Å²) in [5, 5.41) is 10.7. The van der Waals surface area contributed by atoms with Gasteiger partial charge in [-0.1, -0.05) is 24.3 Å². The van der Waals surface area contributed by atoms with Crippen LogP contribution in [0.2, 0.25) is 0 Å². The molecule has 0 radical (unpaired) electrons. The Labute approximate surface area is 155 Å². The van der Waals surface area contributed by atoms with Crippen LogP contribution in [0.5, 0.6) is 5.75 Å². The van der Waals surface area contributed by atoms with Crippen LogP contribution in [0, 0.1) is 10.1 Å². The Kier molecular flexibility index (Phi) is 5.35. The number of fused-ring (bicyclic) bond motifs is 1. The van der Waals surface area contributed by atoms with Gasteiger partial charge in [-0.2, -0.15) is 0 Å². The average Bonchev–Trinajstić information content (AvgIpc) is 2.70. The van der Waals surface area contributed by atoms with Gasteiger partial charge >= 0.3 is 5.97 Å². The van der Waals surface area contributed by atoms with Crippen molar-refractivity contribution in [2.75, 3.05) is 13.7 Å². The Morgan fingerprint density at radius 1 is 1.15 bits per heavy atom. The Morgan fingerprint density at radius 3 is 2.44 bits per heavy atom. The highest BCUT2D eigenvalue weighted by Crippen LogP contribution is 2.24. The zero-order valence-electron chi connectivity index (χ0n) is 14.7. The fourth-order valence-corrected chi connectivity index (χ4v) is 3.02. The van der Waals surface area contributed by atoms with Gasteiger partial charge in [-0.05, 0) is 23.3 Å². The zero-order chi connectivity index (χ0) is 19.4. The molecule has 0 saturated carbocycles. The van der Waals surface area contributed by atoms with E-state index < -0.39 is 16.9 Å². The summed E-state index contributed by atoms with van der Waals surface area (Å²) in [6.07, 6.45) is 0.381. The Balaban J connectivity index is 1.71. The molecule has 27 heavy (non-hydrogen) atoms. The van der Waals surface area contributed by atoms with Crippen LogP contribution in [0.4, 0.5) is 5.69 Å². The topological polar surface area (TPSA) is 99.0 Å². The number of hydrogen-bond donors (Lipinski definition) is 0. The van der Waals surface area contributed by atoms with Crippen LogP contribution < -0.4 is 4.74 Å². The summed E-state index contributed by atoms with van der Waals surface area (Å²) in [4.78, 5) is 36.4. The van der Waals surface area contributed by atoms with E-state index in [1.807, 2.05) is 24.3 Å². The van der Waals surface area contributed by atoms with E-state index in [-0.39, 0.29) is 18.2 Å². The highest BCUT2D eigenvalue weighted by atomic mass is 16.6. The van der Waals surface area contributed by atoms with E-state index in [0.717, 1.165) is 11.1 Å². The van der Waals surface area contributed by atoms with Crippen molar-refractivity contribution in [3.05, 3.63) is 69.8 Å². The van der Waals surface area contributed by atoms with Crippen LogP contribution in [0.15, 0.2) is 48.5 Å². The molecule has 0 N–H and O–H groups in total. The van der Waals surface area contributed by atoms with Crippen molar-refractivity contribution in [1.29, 1.82) is 0 Å². The molecule has 0 spiro atoms. The van der Waals surface area contributed by atoms with Gasteiger partial charge in [-0.3, -0.25) is 14.9 Å². The first-order chi connectivity index (χ1) is 13.0. The summed E-state index contributed by atoms with van der Waals surface area (Å²) in [5.41, 5.74) is 1.92. The van der Waals surface area contributed by atoms with E-state index >= 15 is 0 Å². The average molecular weight is 370 g/mol. The number of ether oxygens (including phenoxy) is 2. The van der Waals surface area contributed by atoms with E-state index in [9.17, 15) is 19.7 Å². The molecule has 2 aromatic carbocycles. The molecule has 0 aliphatic carbocycles. The van der Waals surface area contributed by atoms with Crippen molar-refractivity contribution >= 4 is 17.6 Å². The number of carbonyl (C=O) groups excluding carboxylic acids is 2. The maximum atomic E-state index is 12.7. The Morgan fingerprint density at radius 2 is 1.81 bits per heavy atom. The normalized spacial score (nSPS) is 15.6. The van der Waals surface area contributed by atoms with Crippen LogP contribution in [0.1, 0.15) is 11.1 Å². The molecule has 0 unspecified atom stereocenters. The highest BCUT2D eigenvalue weighted by molar-refractivity contribution is 5.86. The maximum absolute atomic E-state index is 12.7. The van der Waals surface area contributed by atoms with E-state index in [1.54, 1.807) is 0 Å². The minimum Gasteiger partial charge on any atom is -0.484 e. The summed E-state index contributed by atoms with van der Waals surface area (Å²) in [7, 11) is 1.29. The monoisotopic (exact) mass is 370 g/mol. The largest absolute Gasteiger partial charge is 0.484 e. The maximum Gasteiger partial charge on any atom is 0.328 e. The number of amides is 1. The van der Waals surface area contributed by atoms with Crippen molar-refractivity contribution in [2.45, 2.75) is 19.0 Å². The molecule has 1 aliphatic heterocycles. The van der Waals surface area contributed by atoms with Crippen molar-refractivity contribution in [3.8, 4) is 5.75 Å². The van der Waals surface area contributed by atoms with Gasteiger partial charge in [0.05, 0.1) is 12.0 Å². The number of methoxy groups -OCH3 is 1. The number of non-ortho nitro benzene ring substituents is 1. The lowest BCUT2D eigenvalue weighted by molar-refractivity contribution is -0.384. The standard InChI is InChI=1S/C19H18N2O6/c1-26-19(23)17-10-13-4-2-3-5-14(13)11-20(17)18(22)12-27-16-8-6-15(7-9-16)21(24)25/h2-9,17H,10-12H2,1H3/t17-/m1/s1. The summed E-state index contributed by atoms with van der Waals surface area (Å²) in [6.45, 7) is 0.00582. The fraction of sp³-hybridized carbons (Fsp3) is 0.263. The smallest absolute Gasteiger partial charge is 0.328 e. The minimum absolute atomic E-state index is 0.0629. The molecule has 140 valence electrons. The van der Waals surface area contributed by atoms with Gasteiger partial charge in [-0.15, -0.1) is 0 Å². The molecule has 0 bridgehead atoms. The molecule has 1 heterocycles. The predicted octanol–water partition coefficient (Wildman–Crippen LogP) is 2.10. The van der Waals surface area contributed by atoms with Crippen molar-refractivity contribution < 1.29 is 24.0 Å². The van der Waals surface area contributed by atoms with Crippen LogP contribution in [-0.4, -0.2) is 41.5 Å². The first-order valence-electron chi connectivity index (χ1n) is 8.31. The lowest BCUT2D eigenvalue weighted by atomic mass is 9.94. The summed E-state index contributed by atoms with van der Waals surface area (Å²) < 4.78 is 10.3. The lowest BCUT2D eigenvalue weighted by Gasteiger charge is -2.35. The van der Waals surface area contributed by atoms with Crippen molar-refractivity contribution in [3.63, 3.8) is 0 Å². The van der Waals surface area contributed by atoms with E-state index in [2.05, 4.69) is 0 Å². The molecule has 1 aliphatic rings. The van der Waals surface area contributed by atoms with Gasteiger partial charge in [0, 0.05) is 25.1 Å². The number of nitro groups is 1. The third kappa shape index (κ3) is 4.05. The SMILES string of the molecule is COC(=O)[C@H]1Cc2ccccc2CN1C(=O)COc1ccc([N+](=O)[O-])cc1. The Bertz CT molecular complexity index is 865. The third-order valence-corrected chi connectivity index (χ3v) is 4.45. The Hall–Kier alpha value is -3.42. The number of nitrogens with zero attached hydrogens (tertiary/aromatic N) is 2. The molecule has 0 saturated heterocycles. The quantitative estimate of drug-likeness (QED) is 0.454. The summed E-state index contributed by atoms with van der Waals surface area (Å²) in [5.74, 6) is -0.507. The van der Waals surface area contributed by atoms with Crippen LogP contribution >= 0.6 is 0 Å². The number of rotatable bonds is 5. The predicted molar refractivity (Wildman–Crippen MR) is 95.1 cm³/mol. The third-order valence-electron chi connectivity index (χ3n) is 4.45. The molecule has 3 rings (SSSR count). The number of benzene rings is 2. The molecular weight excluding hydrogens is 352 g/mol. The van der Waals surface area contributed by atoms with Gasteiger partial charge in [0.1, 0.15) is 11.8 Å².